The standard InChI is InChI=1S/C16H12ClN3O4S/c17-13-14(16(21)22)19-20(15(13)10-4-2-1-3-5-10)11-6-8-12(9-7-11)25(18,23)24/h1-9H,(H,21,22)(H2,18,23,24). The van der Waals surface area contributed by atoms with E-state index < -0.39 is 16.0 Å². The van der Waals surface area contributed by atoms with Gasteiger partial charge in [0.1, 0.15) is 5.02 Å². The van der Waals surface area contributed by atoms with Crippen molar-refractivity contribution in [1.82, 2.24) is 9.78 Å². The lowest BCUT2D eigenvalue weighted by molar-refractivity contribution is 0.0690. The number of hydrogen-bond donors (Lipinski definition) is 2. The monoisotopic (exact) mass is 377 g/mol. The van der Waals surface area contributed by atoms with Crippen LogP contribution in [0.3, 0.4) is 0 Å². The molecule has 9 heteroatoms. The number of halogens is 1. The molecule has 0 saturated carbocycles. The van der Waals surface area contributed by atoms with E-state index in [2.05, 4.69) is 5.10 Å². The number of carboxylic acids is 1. The molecule has 25 heavy (non-hydrogen) atoms. The van der Waals surface area contributed by atoms with Gasteiger partial charge in [0.05, 0.1) is 16.3 Å². The van der Waals surface area contributed by atoms with Gasteiger partial charge in [-0.2, -0.15) is 5.10 Å². The maximum Gasteiger partial charge on any atom is 0.358 e. The second-order valence-electron chi connectivity index (χ2n) is 5.13. The van der Waals surface area contributed by atoms with Gasteiger partial charge in [-0.25, -0.2) is 23.0 Å². The molecule has 0 unspecified atom stereocenters. The topological polar surface area (TPSA) is 115 Å². The Hall–Kier alpha value is -2.68. The minimum atomic E-state index is -3.83. The van der Waals surface area contributed by atoms with Crippen LogP contribution in [0.5, 0.6) is 0 Å². The third-order valence-electron chi connectivity index (χ3n) is 3.49. The molecule has 0 bridgehead atoms. The SMILES string of the molecule is NS(=O)(=O)c1ccc(-n2nc(C(=O)O)c(Cl)c2-c2ccccc2)cc1. The number of carboxylic acid groups (broad SMARTS) is 1. The average Bonchev–Trinajstić information content (AvgIpc) is 2.92. The quantitative estimate of drug-likeness (QED) is 0.724. The van der Waals surface area contributed by atoms with Gasteiger partial charge in [0.25, 0.3) is 0 Å². The highest BCUT2D eigenvalue weighted by atomic mass is 35.5. The second-order valence-corrected chi connectivity index (χ2v) is 7.07. The molecule has 3 N–H and O–H groups in total. The van der Waals surface area contributed by atoms with Crippen LogP contribution in [-0.2, 0) is 10.0 Å². The predicted octanol–water partition coefficient (Wildman–Crippen LogP) is 2.54. The summed E-state index contributed by atoms with van der Waals surface area (Å²) in [6, 6.07) is 14.5. The van der Waals surface area contributed by atoms with E-state index in [0.29, 0.717) is 16.9 Å². The zero-order chi connectivity index (χ0) is 18.2. The summed E-state index contributed by atoms with van der Waals surface area (Å²) in [5, 5.41) is 18.4. The molecule has 0 spiro atoms. The number of primary sulfonamides is 1. The molecule has 128 valence electrons. The van der Waals surface area contributed by atoms with E-state index in [0.717, 1.165) is 0 Å². The number of sulfonamides is 1. The third kappa shape index (κ3) is 3.27. The Balaban J connectivity index is 2.22. The van der Waals surface area contributed by atoms with Crippen LogP contribution in [0.2, 0.25) is 5.02 Å². The van der Waals surface area contributed by atoms with E-state index in [-0.39, 0.29) is 15.6 Å². The Bertz CT molecular complexity index is 1040. The molecular formula is C16H12ClN3O4S. The van der Waals surface area contributed by atoms with Crippen molar-refractivity contribution in [3.63, 3.8) is 0 Å². The van der Waals surface area contributed by atoms with Gasteiger partial charge < -0.3 is 5.11 Å². The van der Waals surface area contributed by atoms with Crippen LogP contribution in [0.25, 0.3) is 16.9 Å². The van der Waals surface area contributed by atoms with Crippen LogP contribution in [-0.4, -0.2) is 29.3 Å². The van der Waals surface area contributed by atoms with Gasteiger partial charge in [-0.15, -0.1) is 0 Å². The van der Waals surface area contributed by atoms with Crippen molar-refractivity contribution in [3.8, 4) is 16.9 Å². The highest BCUT2D eigenvalue weighted by Gasteiger charge is 2.23. The number of rotatable bonds is 4. The molecule has 3 rings (SSSR count). The maximum atomic E-state index is 11.4. The number of benzene rings is 2. The number of aromatic carboxylic acids is 1. The molecule has 0 aliphatic rings. The summed E-state index contributed by atoms with van der Waals surface area (Å²) < 4.78 is 24.1. The van der Waals surface area contributed by atoms with Gasteiger partial charge in [0.2, 0.25) is 10.0 Å². The Morgan fingerprint density at radius 1 is 1.08 bits per heavy atom. The minimum Gasteiger partial charge on any atom is -0.476 e. The molecule has 2 aromatic carbocycles. The van der Waals surface area contributed by atoms with Crippen molar-refractivity contribution < 1.29 is 18.3 Å². The average molecular weight is 378 g/mol. The molecule has 0 fully saturated rings. The summed E-state index contributed by atoms with van der Waals surface area (Å²) >= 11 is 6.23. The summed E-state index contributed by atoms with van der Waals surface area (Å²) in [4.78, 5) is 11.3. The molecule has 1 aromatic heterocycles. The van der Waals surface area contributed by atoms with Gasteiger partial charge in [-0.05, 0) is 24.3 Å². The Morgan fingerprint density at radius 2 is 1.68 bits per heavy atom. The fourth-order valence-electron chi connectivity index (χ4n) is 2.34. The molecule has 0 atom stereocenters. The smallest absolute Gasteiger partial charge is 0.358 e. The van der Waals surface area contributed by atoms with Crippen LogP contribution < -0.4 is 5.14 Å². The van der Waals surface area contributed by atoms with E-state index in [1.807, 2.05) is 6.07 Å². The highest BCUT2D eigenvalue weighted by Crippen LogP contribution is 2.33. The second kappa shape index (κ2) is 6.32. The van der Waals surface area contributed by atoms with Crippen LogP contribution >= 0.6 is 11.6 Å². The van der Waals surface area contributed by atoms with E-state index in [4.69, 9.17) is 16.7 Å². The summed E-state index contributed by atoms with van der Waals surface area (Å²) in [5.41, 5.74) is 1.21. The summed E-state index contributed by atoms with van der Waals surface area (Å²) in [6.45, 7) is 0. The third-order valence-corrected chi connectivity index (χ3v) is 4.77. The van der Waals surface area contributed by atoms with Crippen LogP contribution in [0, 0.1) is 0 Å². The van der Waals surface area contributed by atoms with Crippen LogP contribution in [0.15, 0.2) is 59.5 Å². The Morgan fingerprint density at radius 3 is 2.20 bits per heavy atom. The molecule has 0 radical (unpaired) electrons. The van der Waals surface area contributed by atoms with Gasteiger partial charge >= 0.3 is 5.97 Å². The van der Waals surface area contributed by atoms with Crippen molar-refractivity contribution in [3.05, 3.63) is 65.3 Å². The van der Waals surface area contributed by atoms with Gasteiger partial charge in [-0.1, -0.05) is 41.9 Å². The molecule has 0 amide bonds. The molecule has 0 saturated heterocycles. The predicted molar refractivity (Wildman–Crippen MR) is 92.3 cm³/mol. The van der Waals surface area contributed by atoms with Crippen molar-refractivity contribution in [2.75, 3.05) is 0 Å². The molecule has 0 aliphatic carbocycles. The van der Waals surface area contributed by atoms with Gasteiger partial charge in [0, 0.05) is 5.56 Å². The summed E-state index contributed by atoms with van der Waals surface area (Å²) in [7, 11) is -3.83. The lowest BCUT2D eigenvalue weighted by Crippen LogP contribution is -2.12. The molecule has 7 nitrogen and oxygen atoms in total. The lowest BCUT2D eigenvalue weighted by Gasteiger charge is -2.08. The first kappa shape index (κ1) is 17.2. The Labute approximate surface area is 148 Å². The molecule has 3 aromatic rings. The van der Waals surface area contributed by atoms with E-state index in [9.17, 15) is 18.3 Å². The number of nitrogens with two attached hydrogens (primary N) is 1. The fraction of sp³-hybridized carbons (Fsp3) is 0. The lowest BCUT2D eigenvalue weighted by atomic mass is 10.1. The van der Waals surface area contributed by atoms with Gasteiger partial charge in [-0.3, -0.25) is 0 Å². The van der Waals surface area contributed by atoms with Crippen molar-refractivity contribution in [2.45, 2.75) is 4.90 Å². The summed E-state index contributed by atoms with van der Waals surface area (Å²) in [5.74, 6) is -1.26. The van der Waals surface area contributed by atoms with Crippen molar-refractivity contribution >= 4 is 27.6 Å². The highest BCUT2D eigenvalue weighted by molar-refractivity contribution is 7.89. The largest absolute Gasteiger partial charge is 0.476 e. The summed E-state index contributed by atoms with van der Waals surface area (Å²) in [6.07, 6.45) is 0. The first-order valence-electron chi connectivity index (χ1n) is 6.99. The van der Waals surface area contributed by atoms with Gasteiger partial charge in [0.15, 0.2) is 5.69 Å². The minimum absolute atomic E-state index is 0.00535. The van der Waals surface area contributed by atoms with Crippen molar-refractivity contribution in [1.29, 1.82) is 0 Å². The molecular weight excluding hydrogens is 366 g/mol. The fourth-order valence-corrected chi connectivity index (χ4v) is 3.17. The van der Waals surface area contributed by atoms with Crippen LogP contribution in [0.4, 0.5) is 0 Å². The van der Waals surface area contributed by atoms with E-state index in [1.54, 1.807) is 24.3 Å². The number of aromatic nitrogens is 2. The normalized spacial score (nSPS) is 11.4. The number of carbonyl (C=O) groups is 1. The first-order chi connectivity index (χ1) is 11.8. The maximum absolute atomic E-state index is 11.4. The zero-order valence-corrected chi connectivity index (χ0v) is 14.2. The number of hydrogen-bond acceptors (Lipinski definition) is 4. The molecule has 0 aliphatic heterocycles. The van der Waals surface area contributed by atoms with Crippen LogP contribution in [0.1, 0.15) is 10.5 Å². The van der Waals surface area contributed by atoms with E-state index in [1.165, 1.54) is 28.9 Å². The van der Waals surface area contributed by atoms with Crippen molar-refractivity contribution in [2.24, 2.45) is 5.14 Å². The first-order valence-corrected chi connectivity index (χ1v) is 8.92. The molecule has 1 heterocycles. The Kier molecular flexibility index (Phi) is 4.34. The number of nitrogens with zero attached hydrogens (tertiary/aromatic N) is 2. The zero-order valence-electron chi connectivity index (χ0n) is 12.6. The van der Waals surface area contributed by atoms with E-state index >= 15 is 0 Å².